The normalized spacial score (nSPS) is 9.82. The van der Waals surface area contributed by atoms with Gasteiger partial charge in [0.15, 0.2) is 10.5 Å². The molecule has 53 valence electrons. The maximum absolute atomic E-state index is 4.11. The summed E-state index contributed by atoms with van der Waals surface area (Å²) in [7, 11) is 0. The van der Waals surface area contributed by atoms with Gasteiger partial charge in [0, 0.05) is 6.20 Å². The molecule has 0 saturated heterocycles. The third-order valence-corrected chi connectivity index (χ3v) is 1.87. The Balaban J connectivity index is 2.46. The summed E-state index contributed by atoms with van der Waals surface area (Å²) in [5.74, 6) is 0. The lowest BCUT2D eigenvalue weighted by Gasteiger charge is -1.89. The van der Waals surface area contributed by atoms with Gasteiger partial charge in [-0.25, -0.2) is 0 Å². The lowest BCUT2D eigenvalue weighted by Crippen LogP contribution is -1.79. The van der Waals surface area contributed by atoms with Gasteiger partial charge in [-0.15, -0.1) is 10.2 Å². The maximum atomic E-state index is 4.11. The second-order valence-electron chi connectivity index (χ2n) is 1.91. The van der Waals surface area contributed by atoms with E-state index in [1.54, 1.807) is 6.20 Å². The number of pyridine rings is 1. The van der Waals surface area contributed by atoms with E-state index in [4.69, 9.17) is 0 Å². The van der Waals surface area contributed by atoms with Crippen molar-refractivity contribution < 1.29 is 0 Å². The summed E-state index contributed by atoms with van der Waals surface area (Å²) in [5.41, 5.74) is 3.52. The van der Waals surface area contributed by atoms with Crippen molar-refractivity contribution in [3.63, 3.8) is 0 Å². The van der Waals surface area contributed by atoms with Crippen LogP contribution in [0.1, 0.15) is 0 Å². The summed E-state index contributed by atoms with van der Waals surface area (Å²) < 4.78 is 0. The standard InChI is InChI=1S/C7H4N3S/c1-2-4-8-6(3-1)7-10-9-5-11-7/h1-4H. The van der Waals surface area contributed by atoms with Crippen molar-refractivity contribution in [2.24, 2.45) is 0 Å². The first kappa shape index (κ1) is 6.42. The zero-order valence-electron chi connectivity index (χ0n) is 5.56. The van der Waals surface area contributed by atoms with Crippen LogP contribution in [-0.4, -0.2) is 15.2 Å². The molecule has 2 heterocycles. The van der Waals surface area contributed by atoms with Crippen LogP contribution in [0.4, 0.5) is 0 Å². The third-order valence-electron chi connectivity index (χ3n) is 1.21. The smallest absolute Gasteiger partial charge is 0.178 e. The van der Waals surface area contributed by atoms with Crippen molar-refractivity contribution in [3.8, 4) is 10.7 Å². The molecule has 0 unspecified atom stereocenters. The highest BCUT2D eigenvalue weighted by atomic mass is 32.1. The molecule has 0 spiro atoms. The van der Waals surface area contributed by atoms with E-state index < -0.39 is 0 Å². The minimum Gasteiger partial charge on any atom is -0.254 e. The molecular weight excluding hydrogens is 158 g/mol. The van der Waals surface area contributed by atoms with E-state index in [2.05, 4.69) is 20.7 Å². The largest absolute Gasteiger partial charge is 0.254 e. The van der Waals surface area contributed by atoms with Crippen molar-refractivity contribution in [2.45, 2.75) is 0 Å². The molecule has 0 aliphatic rings. The number of hydrogen-bond donors (Lipinski definition) is 0. The molecule has 0 saturated carbocycles. The van der Waals surface area contributed by atoms with Gasteiger partial charge >= 0.3 is 0 Å². The van der Waals surface area contributed by atoms with E-state index >= 15 is 0 Å². The summed E-state index contributed by atoms with van der Waals surface area (Å²) in [6.07, 6.45) is 1.73. The van der Waals surface area contributed by atoms with E-state index in [-0.39, 0.29) is 0 Å². The van der Waals surface area contributed by atoms with Crippen molar-refractivity contribution in [1.82, 2.24) is 15.2 Å². The first-order valence-electron chi connectivity index (χ1n) is 3.08. The van der Waals surface area contributed by atoms with Crippen molar-refractivity contribution in [1.29, 1.82) is 0 Å². The van der Waals surface area contributed by atoms with E-state index in [1.165, 1.54) is 11.3 Å². The molecule has 0 aliphatic carbocycles. The molecule has 4 heteroatoms. The van der Waals surface area contributed by atoms with E-state index in [0.717, 1.165) is 10.7 Å². The van der Waals surface area contributed by atoms with Gasteiger partial charge in [-0.3, -0.25) is 4.98 Å². The molecule has 11 heavy (non-hydrogen) atoms. The summed E-state index contributed by atoms with van der Waals surface area (Å²) in [4.78, 5) is 4.11. The topological polar surface area (TPSA) is 38.7 Å². The maximum Gasteiger partial charge on any atom is 0.178 e. The van der Waals surface area contributed by atoms with Gasteiger partial charge in [0.1, 0.15) is 5.69 Å². The van der Waals surface area contributed by atoms with Gasteiger partial charge in [0.05, 0.1) is 0 Å². The van der Waals surface area contributed by atoms with Crippen LogP contribution in [-0.2, 0) is 0 Å². The van der Waals surface area contributed by atoms with E-state index in [9.17, 15) is 0 Å². The predicted octanol–water partition coefficient (Wildman–Crippen LogP) is 1.40. The highest BCUT2D eigenvalue weighted by molar-refractivity contribution is 7.12. The highest BCUT2D eigenvalue weighted by Crippen LogP contribution is 2.15. The Morgan fingerprint density at radius 2 is 2.36 bits per heavy atom. The Kier molecular flexibility index (Phi) is 1.61. The van der Waals surface area contributed by atoms with E-state index in [0.29, 0.717) is 0 Å². The van der Waals surface area contributed by atoms with Gasteiger partial charge in [0.2, 0.25) is 0 Å². The molecular formula is C7H4N3S. The van der Waals surface area contributed by atoms with Gasteiger partial charge in [-0.2, -0.15) is 0 Å². The van der Waals surface area contributed by atoms with Crippen LogP contribution in [0.3, 0.4) is 0 Å². The number of rotatable bonds is 1. The van der Waals surface area contributed by atoms with Gasteiger partial charge in [-0.05, 0) is 12.1 Å². The predicted molar refractivity (Wildman–Crippen MR) is 42.0 cm³/mol. The number of nitrogens with zero attached hydrogens (tertiary/aromatic N) is 3. The summed E-state index contributed by atoms with van der Waals surface area (Å²) >= 11 is 1.37. The third kappa shape index (κ3) is 1.25. The Bertz CT molecular complexity index is 317. The quantitative estimate of drug-likeness (QED) is 0.636. The van der Waals surface area contributed by atoms with Gasteiger partial charge in [0.25, 0.3) is 0 Å². The Hall–Kier alpha value is -1.29. The van der Waals surface area contributed by atoms with E-state index in [1.807, 2.05) is 18.2 Å². The molecule has 0 aromatic carbocycles. The van der Waals surface area contributed by atoms with Crippen molar-refractivity contribution >= 4 is 11.3 Å². The molecule has 3 nitrogen and oxygen atoms in total. The molecule has 0 fully saturated rings. The van der Waals surface area contributed by atoms with Gasteiger partial charge in [-0.1, -0.05) is 17.4 Å². The molecule has 2 aromatic rings. The second-order valence-corrected chi connectivity index (χ2v) is 2.69. The first-order chi connectivity index (χ1) is 5.47. The zero-order valence-corrected chi connectivity index (χ0v) is 6.38. The van der Waals surface area contributed by atoms with Crippen LogP contribution in [0.5, 0.6) is 0 Å². The van der Waals surface area contributed by atoms with Crippen molar-refractivity contribution in [2.75, 3.05) is 0 Å². The Morgan fingerprint density at radius 3 is 3.00 bits per heavy atom. The second kappa shape index (κ2) is 2.75. The number of hydrogen-bond acceptors (Lipinski definition) is 4. The summed E-state index contributed by atoms with van der Waals surface area (Å²) in [5, 5.41) is 8.25. The zero-order chi connectivity index (χ0) is 7.52. The Morgan fingerprint density at radius 1 is 1.36 bits per heavy atom. The van der Waals surface area contributed by atoms with Crippen LogP contribution >= 0.6 is 11.3 Å². The summed E-state index contributed by atoms with van der Waals surface area (Å²) in [6, 6.07) is 5.69. The summed E-state index contributed by atoms with van der Waals surface area (Å²) in [6.45, 7) is 0. The highest BCUT2D eigenvalue weighted by Gasteiger charge is 1.99. The molecule has 0 atom stereocenters. The minimum absolute atomic E-state index is 0.811. The van der Waals surface area contributed by atoms with Crippen molar-refractivity contribution in [3.05, 3.63) is 29.9 Å². The fraction of sp³-hybridized carbons (Fsp3) is 0. The van der Waals surface area contributed by atoms with Gasteiger partial charge < -0.3 is 0 Å². The minimum atomic E-state index is 0.811. The van der Waals surface area contributed by atoms with Crippen LogP contribution in [0, 0.1) is 5.51 Å². The lowest BCUT2D eigenvalue weighted by atomic mass is 10.4. The lowest BCUT2D eigenvalue weighted by molar-refractivity contribution is 1.08. The molecule has 2 rings (SSSR count). The van der Waals surface area contributed by atoms with Crippen LogP contribution < -0.4 is 0 Å². The fourth-order valence-electron chi connectivity index (χ4n) is 0.743. The van der Waals surface area contributed by atoms with Crippen LogP contribution in [0.15, 0.2) is 24.4 Å². The molecule has 0 N–H and O–H groups in total. The molecule has 0 amide bonds. The molecule has 1 radical (unpaired) electrons. The average Bonchev–Trinajstić information content (AvgIpc) is 2.58. The number of aromatic nitrogens is 3. The molecule has 0 bridgehead atoms. The molecule has 2 aromatic heterocycles. The SMILES string of the molecule is [c]1nnc(-c2ccccn2)s1. The Labute approximate surface area is 67.8 Å². The monoisotopic (exact) mass is 162 g/mol. The fourth-order valence-corrected chi connectivity index (χ4v) is 1.22. The average molecular weight is 162 g/mol. The van der Waals surface area contributed by atoms with Crippen LogP contribution in [0.25, 0.3) is 10.7 Å². The van der Waals surface area contributed by atoms with Crippen LogP contribution in [0.2, 0.25) is 0 Å². The molecule has 0 aliphatic heterocycles. The first-order valence-corrected chi connectivity index (χ1v) is 3.89.